The first-order valence-corrected chi connectivity index (χ1v) is 6.44. The van der Waals surface area contributed by atoms with Crippen LogP contribution in [0.5, 0.6) is 0 Å². The van der Waals surface area contributed by atoms with E-state index in [0.717, 1.165) is 6.54 Å². The Labute approximate surface area is 107 Å². The third-order valence-corrected chi connectivity index (χ3v) is 3.33. The van der Waals surface area contributed by atoms with E-state index in [2.05, 4.69) is 20.0 Å². The van der Waals surface area contributed by atoms with Crippen molar-refractivity contribution < 1.29 is 9.53 Å². The zero-order valence-corrected chi connectivity index (χ0v) is 10.7. The van der Waals surface area contributed by atoms with Gasteiger partial charge in [-0.2, -0.15) is 0 Å². The monoisotopic (exact) mass is 249 g/mol. The molecule has 18 heavy (non-hydrogen) atoms. The minimum atomic E-state index is -0.455. The van der Waals surface area contributed by atoms with Gasteiger partial charge in [0.25, 0.3) is 0 Å². The van der Waals surface area contributed by atoms with Gasteiger partial charge in [0, 0.05) is 6.54 Å². The Bertz CT molecular complexity index is 403. The molecule has 0 spiro atoms. The molecule has 0 aromatic carbocycles. The second-order valence-corrected chi connectivity index (χ2v) is 4.67. The highest BCUT2D eigenvalue weighted by atomic mass is 16.5. The molecule has 1 heterocycles. The van der Waals surface area contributed by atoms with Crippen molar-refractivity contribution in [3.63, 3.8) is 0 Å². The van der Waals surface area contributed by atoms with E-state index in [9.17, 15) is 4.79 Å². The molecule has 0 atom stereocenters. The van der Waals surface area contributed by atoms with Crippen LogP contribution in [0.3, 0.4) is 0 Å². The van der Waals surface area contributed by atoms with Crippen LogP contribution < -0.4 is 5.32 Å². The number of anilines is 1. The van der Waals surface area contributed by atoms with Crippen molar-refractivity contribution >= 4 is 11.8 Å². The predicted octanol–water partition coefficient (Wildman–Crippen LogP) is 2.26. The minimum absolute atomic E-state index is 0.242. The fourth-order valence-corrected chi connectivity index (χ4v) is 2.29. The molecule has 0 saturated heterocycles. The number of carbonyl (C=O) groups is 1. The van der Waals surface area contributed by atoms with Crippen LogP contribution in [-0.4, -0.2) is 29.6 Å². The first-order valence-electron chi connectivity index (χ1n) is 6.44. The van der Waals surface area contributed by atoms with Crippen LogP contribution in [0.4, 0.5) is 5.82 Å². The molecule has 5 nitrogen and oxygen atoms in total. The fourth-order valence-electron chi connectivity index (χ4n) is 2.29. The van der Waals surface area contributed by atoms with Gasteiger partial charge in [-0.15, -0.1) is 0 Å². The largest absolute Gasteiger partial charge is 0.464 e. The van der Waals surface area contributed by atoms with E-state index in [0.29, 0.717) is 11.7 Å². The maximum atomic E-state index is 11.3. The van der Waals surface area contributed by atoms with Crippen molar-refractivity contribution in [1.82, 2.24) is 9.97 Å². The SMILES string of the molecule is COC(=O)c1cncc(NCC2CCCCC2)n1. The summed E-state index contributed by atoms with van der Waals surface area (Å²) in [7, 11) is 1.34. The summed E-state index contributed by atoms with van der Waals surface area (Å²) in [5.74, 6) is 0.898. The third-order valence-electron chi connectivity index (χ3n) is 3.33. The smallest absolute Gasteiger partial charge is 0.358 e. The first kappa shape index (κ1) is 12.8. The molecule has 1 fully saturated rings. The zero-order chi connectivity index (χ0) is 12.8. The van der Waals surface area contributed by atoms with Crippen molar-refractivity contribution in [3.05, 3.63) is 18.1 Å². The van der Waals surface area contributed by atoms with E-state index >= 15 is 0 Å². The summed E-state index contributed by atoms with van der Waals surface area (Å²) in [5, 5.41) is 3.25. The van der Waals surface area contributed by atoms with Crippen LogP contribution in [0.1, 0.15) is 42.6 Å². The van der Waals surface area contributed by atoms with Gasteiger partial charge in [-0.3, -0.25) is 4.98 Å². The molecule has 1 aliphatic rings. The number of rotatable bonds is 4. The molecular weight excluding hydrogens is 230 g/mol. The number of hydrogen-bond donors (Lipinski definition) is 1. The molecule has 0 aliphatic heterocycles. The molecule has 98 valence electrons. The molecule has 5 heteroatoms. The summed E-state index contributed by atoms with van der Waals surface area (Å²) >= 11 is 0. The van der Waals surface area contributed by atoms with Gasteiger partial charge in [-0.1, -0.05) is 19.3 Å². The van der Waals surface area contributed by atoms with Crippen molar-refractivity contribution in [2.45, 2.75) is 32.1 Å². The van der Waals surface area contributed by atoms with Crippen LogP contribution in [0.2, 0.25) is 0 Å². The van der Waals surface area contributed by atoms with Crippen molar-refractivity contribution in [2.75, 3.05) is 19.0 Å². The Morgan fingerprint density at radius 1 is 1.39 bits per heavy atom. The lowest BCUT2D eigenvalue weighted by atomic mass is 9.89. The molecular formula is C13H19N3O2. The molecule has 1 saturated carbocycles. The molecule has 2 rings (SSSR count). The number of nitrogens with zero attached hydrogens (tertiary/aromatic N) is 2. The third kappa shape index (κ3) is 3.42. The second kappa shape index (κ2) is 6.33. The number of aromatic nitrogens is 2. The lowest BCUT2D eigenvalue weighted by Crippen LogP contribution is -2.18. The maximum absolute atomic E-state index is 11.3. The molecule has 1 aromatic heterocycles. The number of esters is 1. The molecule has 0 bridgehead atoms. The summed E-state index contributed by atoms with van der Waals surface area (Å²) in [4.78, 5) is 19.5. The summed E-state index contributed by atoms with van der Waals surface area (Å²) in [5.41, 5.74) is 0.242. The first-order chi connectivity index (χ1) is 8.79. The predicted molar refractivity (Wildman–Crippen MR) is 68.4 cm³/mol. The Morgan fingerprint density at radius 2 is 2.17 bits per heavy atom. The van der Waals surface area contributed by atoms with E-state index < -0.39 is 5.97 Å². The standard InChI is InChI=1S/C13H19N3O2/c1-18-13(17)11-8-14-9-12(16-11)15-7-10-5-3-2-4-6-10/h8-10H,2-7H2,1H3,(H,15,16). The summed E-state index contributed by atoms with van der Waals surface area (Å²) in [6.07, 6.45) is 9.59. The Kier molecular flexibility index (Phi) is 4.50. The highest BCUT2D eigenvalue weighted by molar-refractivity contribution is 5.87. The van der Waals surface area contributed by atoms with E-state index in [1.54, 1.807) is 6.20 Å². The van der Waals surface area contributed by atoms with Gasteiger partial charge in [0.05, 0.1) is 19.5 Å². The van der Waals surface area contributed by atoms with Crippen LogP contribution >= 0.6 is 0 Å². The normalized spacial score (nSPS) is 16.3. The maximum Gasteiger partial charge on any atom is 0.358 e. The van der Waals surface area contributed by atoms with Crippen molar-refractivity contribution in [3.8, 4) is 0 Å². The van der Waals surface area contributed by atoms with Gasteiger partial charge in [-0.25, -0.2) is 9.78 Å². The summed E-state index contributed by atoms with van der Waals surface area (Å²) < 4.78 is 4.62. The fraction of sp³-hybridized carbons (Fsp3) is 0.615. The average molecular weight is 249 g/mol. The van der Waals surface area contributed by atoms with Gasteiger partial charge in [-0.05, 0) is 18.8 Å². The molecule has 1 aromatic rings. The van der Waals surface area contributed by atoms with Gasteiger partial charge in [0.15, 0.2) is 5.69 Å². The van der Waals surface area contributed by atoms with E-state index in [4.69, 9.17) is 0 Å². The zero-order valence-electron chi connectivity index (χ0n) is 10.7. The highest BCUT2D eigenvalue weighted by Gasteiger charge is 2.14. The van der Waals surface area contributed by atoms with Crippen LogP contribution in [-0.2, 0) is 4.74 Å². The Balaban J connectivity index is 1.90. The van der Waals surface area contributed by atoms with E-state index in [1.165, 1.54) is 45.4 Å². The van der Waals surface area contributed by atoms with Gasteiger partial charge in [0.1, 0.15) is 5.82 Å². The van der Waals surface area contributed by atoms with Gasteiger partial charge in [0.2, 0.25) is 0 Å². The molecule has 1 N–H and O–H groups in total. The number of nitrogens with one attached hydrogen (secondary N) is 1. The lowest BCUT2D eigenvalue weighted by Gasteiger charge is -2.21. The highest BCUT2D eigenvalue weighted by Crippen LogP contribution is 2.23. The van der Waals surface area contributed by atoms with Gasteiger partial charge < -0.3 is 10.1 Å². The number of methoxy groups -OCH3 is 1. The van der Waals surface area contributed by atoms with Crippen LogP contribution in [0, 0.1) is 5.92 Å². The van der Waals surface area contributed by atoms with Crippen molar-refractivity contribution in [2.24, 2.45) is 5.92 Å². The van der Waals surface area contributed by atoms with Crippen molar-refractivity contribution in [1.29, 1.82) is 0 Å². The molecule has 1 aliphatic carbocycles. The van der Waals surface area contributed by atoms with E-state index in [-0.39, 0.29) is 5.69 Å². The quantitative estimate of drug-likeness (QED) is 0.829. The van der Waals surface area contributed by atoms with Gasteiger partial charge >= 0.3 is 5.97 Å². The molecule has 0 radical (unpaired) electrons. The Hall–Kier alpha value is -1.65. The van der Waals surface area contributed by atoms with E-state index in [1.807, 2.05) is 0 Å². The second-order valence-electron chi connectivity index (χ2n) is 4.67. The van der Waals surface area contributed by atoms with Crippen LogP contribution in [0.25, 0.3) is 0 Å². The number of hydrogen-bond acceptors (Lipinski definition) is 5. The minimum Gasteiger partial charge on any atom is -0.464 e. The average Bonchev–Trinajstić information content (AvgIpc) is 2.45. The summed E-state index contributed by atoms with van der Waals surface area (Å²) in [6.45, 7) is 0.902. The van der Waals surface area contributed by atoms with Crippen LogP contribution in [0.15, 0.2) is 12.4 Å². The number of ether oxygens (including phenoxy) is 1. The topological polar surface area (TPSA) is 64.1 Å². The number of carbonyl (C=O) groups excluding carboxylic acids is 1. The Morgan fingerprint density at radius 3 is 2.89 bits per heavy atom. The lowest BCUT2D eigenvalue weighted by molar-refractivity contribution is 0.0593. The molecule has 0 unspecified atom stereocenters. The molecule has 0 amide bonds. The summed E-state index contributed by atoms with van der Waals surface area (Å²) in [6, 6.07) is 0.